The van der Waals surface area contributed by atoms with Gasteiger partial charge in [-0.2, -0.15) is 0 Å². The lowest BCUT2D eigenvalue weighted by Gasteiger charge is -2.09. The van der Waals surface area contributed by atoms with Crippen LogP contribution in [0.2, 0.25) is 0 Å². The Balaban J connectivity index is 3.20. The van der Waals surface area contributed by atoms with Gasteiger partial charge in [-0.05, 0) is 39.0 Å². The Morgan fingerprint density at radius 3 is 2.18 bits per heavy atom. The molecule has 0 saturated heterocycles. The first-order valence-corrected chi connectivity index (χ1v) is 5.43. The molecule has 0 saturated carbocycles. The average Bonchev–Trinajstić information content (AvgIpc) is 1.86. The van der Waals surface area contributed by atoms with Gasteiger partial charge in [0.25, 0.3) is 0 Å². The van der Waals surface area contributed by atoms with Crippen LogP contribution in [0.25, 0.3) is 0 Å². The Morgan fingerprint density at radius 2 is 1.82 bits per heavy atom. The maximum atomic E-state index is 10.8. The molecule has 1 unspecified atom stereocenters. The van der Waals surface area contributed by atoms with Crippen LogP contribution < -0.4 is 0 Å². The number of benzene rings is 1. The predicted molar refractivity (Wildman–Crippen MR) is 45.7 cm³/mol. The van der Waals surface area contributed by atoms with Crippen LogP contribution in [0.5, 0.6) is 0 Å². The number of hydrogen-bond donors (Lipinski definition) is 0. The normalized spacial score (nSPS) is 15.8. The molecule has 0 aliphatic heterocycles. The minimum absolute atomic E-state index is 0.193. The topological polar surface area (TPSA) is 40.1 Å². The minimum Gasteiger partial charge on any atom is -0.766 e. The quantitative estimate of drug-likeness (QED) is 0.664. The van der Waals surface area contributed by atoms with Crippen molar-refractivity contribution in [1.29, 1.82) is 0 Å². The first-order chi connectivity index (χ1) is 5.00. The second kappa shape index (κ2) is 2.89. The molecule has 1 atom stereocenters. The molecule has 1 aromatic rings. The van der Waals surface area contributed by atoms with Gasteiger partial charge >= 0.3 is 0 Å². The zero-order chi connectivity index (χ0) is 8.48. The maximum Gasteiger partial charge on any atom is 0.0281 e. The van der Waals surface area contributed by atoms with E-state index >= 15 is 0 Å². The van der Waals surface area contributed by atoms with Gasteiger partial charge in [0.2, 0.25) is 0 Å². The van der Waals surface area contributed by atoms with Gasteiger partial charge in [-0.3, -0.25) is 4.21 Å². The average molecular weight is 187 g/mol. The summed E-state index contributed by atoms with van der Waals surface area (Å²) in [6.07, 6.45) is 0. The Morgan fingerprint density at radius 1 is 1.36 bits per heavy atom. The van der Waals surface area contributed by atoms with Crippen LogP contribution >= 0.6 is 0 Å². The van der Waals surface area contributed by atoms with Gasteiger partial charge in [0.1, 0.15) is 0 Å². The predicted octanol–water partition coefficient (Wildman–Crippen LogP) is 1.23. The van der Waals surface area contributed by atoms with E-state index in [1.807, 2.05) is 6.92 Å². The summed E-state index contributed by atoms with van der Waals surface area (Å²) < 4.78 is 21.5. The van der Waals surface area contributed by atoms with Gasteiger partial charge in [-0.25, -0.2) is 0 Å². The van der Waals surface area contributed by atoms with E-state index in [2.05, 4.69) is 11.2 Å². The molecule has 60 valence electrons. The van der Waals surface area contributed by atoms with Crippen molar-refractivity contribution in [1.82, 2.24) is 0 Å². The molecule has 11 heavy (non-hydrogen) atoms. The van der Waals surface area contributed by atoms with E-state index in [1.54, 1.807) is 12.1 Å². The van der Waals surface area contributed by atoms with Gasteiger partial charge in [0.15, 0.2) is 0 Å². The molecule has 0 aromatic heterocycles. The Hall–Kier alpha value is -0.450. The van der Waals surface area contributed by atoms with E-state index in [-0.39, 0.29) is 4.90 Å². The zero-order valence-electron chi connectivity index (χ0n) is 5.94. The van der Waals surface area contributed by atoms with Crippen molar-refractivity contribution in [3.63, 3.8) is 0 Å². The number of aryl methyl sites for hydroxylation is 1. The van der Waals surface area contributed by atoms with E-state index in [4.69, 9.17) is 0 Å². The Kier molecular flexibility index (Phi) is 2.27. The zero-order valence-corrected chi connectivity index (χ0v) is 7.58. The smallest absolute Gasteiger partial charge is 0.0281 e. The van der Waals surface area contributed by atoms with Crippen LogP contribution in [0.4, 0.5) is 0 Å². The van der Waals surface area contributed by atoms with E-state index in [0.717, 1.165) is 5.56 Å². The molecule has 0 fully saturated rings. The molecule has 0 spiro atoms. The molecule has 0 aliphatic rings. The van der Waals surface area contributed by atoms with E-state index in [0.29, 0.717) is 0 Å². The summed E-state index contributed by atoms with van der Waals surface area (Å²) in [5.41, 5.74) is 1.02. The first kappa shape index (κ1) is 8.64. The summed E-state index contributed by atoms with van der Waals surface area (Å²) in [5.74, 6) is 0. The highest BCUT2D eigenvalue weighted by Crippen LogP contribution is 2.08. The molecule has 1 rings (SSSR count). The fourth-order valence-corrected chi connectivity index (χ4v) is 1.51. The van der Waals surface area contributed by atoms with Gasteiger partial charge in [-0.1, -0.05) is 17.7 Å². The largest absolute Gasteiger partial charge is 0.766 e. The van der Waals surface area contributed by atoms with Crippen LogP contribution in [0.3, 0.4) is 0 Å². The van der Waals surface area contributed by atoms with Gasteiger partial charge in [-0.15, -0.1) is 0 Å². The van der Waals surface area contributed by atoms with Gasteiger partial charge in [0, 0.05) is 4.90 Å². The lowest BCUT2D eigenvalue weighted by molar-refractivity contribution is 0.534. The monoisotopic (exact) mass is 187 g/mol. The fourth-order valence-electron chi connectivity index (χ4n) is 0.705. The van der Waals surface area contributed by atoms with Crippen molar-refractivity contribution in [3.8, 4) is 0 Å². The summed E-state index contributed by atoms with van der Waals surface area (Å²) in [5, 5.41) is 0. The molecule has 1 aromatic carbocycles. The van der Waals surface area contributed by atoms with Crippen LogP contribution in [0.1, 0.15) is 5.56 Å². The van der Waals surface area contributed by atoms with E-state index < -0.39 is 8.77 Å². The molecule has 0 amide bonds. The van der Waals surface area contributed by atoms with Crippen LogP contribution in [-0.2, 0) is 20.0 Å². The molecule has 0 bridgehead atoms. The van der Waals surface area contributed by atoms with Gasteiger partial charge in [0.05, 0.1) is 0 Å². The molecule has 0 N–H and O–H groups in total. The fraction of sp³-hybridized carbons (Fsp3) is 0.143. The molecular weight excluding hydrogens is 180 g/mol. The lowest BCUT2D eigenvalue weighted by atomic mass is 10.2. The number of hydrogen-bond acceptors (Lipinski definition) is 3. The minimum atomic E-state index is -3.44. The summed E-state index contributed by atoms with van der Waals surface area (Å²) in [7, 11) is -3.44. The summed E-state index contributed by atoms with van der Waals surface area (Å²) in [4.78, 5) is 0.193. The molecule has 0 radical (unpaired) electrons. The third-order valence-corrected chi connectivity index (χ3v) is 2.74. The molecule has 0 aliphatic carbocycles. The summed E-state index contributed by atoms with van der Waals surface area (Å²) in [6, 6.07) is 6.47. The Bertz CT molecular complexity index is 337. The molecule has 2 nitrogen and oxygen atoms in total. The van der Waals surface area contributed by atoms with Crippen molar-refractivity contribution in [2.75, 3.05) is 0 Å². The highest BCUT2D eigenvalue weighted by Gasteiger charge is 1.94. The summed E-state index contributed by atoms with van der Waals surface area (Å²) in [6.45, 7) is 1.89. The second-order valence-electron chi connectivity index (χ2n) is 2.27. The van der Waals surface area contributed by atoms with Crippen molar-refractivity contribution < 1.29 is 8.76 Å². The van der Waals surface area contributed by atoms with Crippen molar-refractivity contribution in [3.05, 3.63) is 29.8 Å². The lowest BCUT2D eigenvalue weighted by Crippen LogP contribution is -1.95. The highest BCUT2D eigenvalue weighted by atomic mass is 32.8. The van der Waals surface area contributed by atoms with E-state index in [9.17, 15) is 8.76 Å². The third-order valence-electron chi connectivity index (χ3n) is 1.31. The Labute approximate surface area is 70.8 Å². The van der Waals surface area contributed by atoms with Crippen LogP contribution in [-0.4, -0.2) is 8.76 Å². The van der Waals surface area contributed by atoms with E-state index in [1.165, 1.54) is 12.1 Å². The molecule has 4 heteroatoms. The molecular formula is C7H7O2S2-. The van der Waals surface area contributed by atoms with Crippen LogP contribution in [0, 0.1) is 6.92 Å². The second-order valence-corrected chi connectivity index (χ2v) is 4.96. The van der Waals surface area contributed by atoms with Crippen LogP contribution in [0.15, 0.2) is 29.2 Å². The first-order valence-electron chi connectivity index (χ1n) is 3.03. The number of rotatable bonds is 1. The SMILES string of the molecule is Cc1ccc(S(=O)([O-])=S)cc1. The van der Waals surface area contributed by atoms with Gasteiger partial charge < -0.3 is 4.55 Å². The maximum absolute atomic E-state index is 10.8. The van der Waals surface area contributed by atoms with Crippen molar-refractivity contribution >= 4 is 20.0 Å². The third kappa shape index (κ3) is 2.25. The standard InChI is InChI=1S/C7H8O2S2/c1-6-2-4-7(5-3-6)11(8,9)10/h2-5H,1H3,(H,8,9,10)/p-1. The van der Waals surface area contributed by atoms with Crippen molar-refractivity contribution in [2.45, 2.75) is 11.8 Å². The highest BCUT2D eigenvalue weighted by molar-refractivity contribution is 8.29. The summed E-state index contributed by atoms with van der Waals surface area (Å²) >= 11 is 4.27. The van der Waals surface area contributed by atoms with Crippen molar-refractivity contribution in [2.24, 2.45) is 0 Å². The molecule has 0 heterocycles.